The van der Waals surface area contributed by atoms with Gasteiger partial charge in [0, 0.05) is 33.2 Å². The molecule has 1 fully saturated rings. The molecular weight excluding hydrogens is 454 g/mol. The van der Waals surface area contributed by atoms with Crippen LogP contribution in [0.25, 0.3) is 0 Å². The number of ether oxygens (including phenoxy) is 1. The van der Waals surface area contributed by atoms with E-state index in [-0.39, 0.29) is 22.9 Å². The number of sulfonamides is 1. The number of hydrogen-bond donors (Lipinski definition) is 2. The summed E-state index contributed by atoms with van der Waals surface area (Å²) in [5.74, 6) is 0.441. The van der Waals surface area contributed by atoms with Crippen molar-refractivity contribution in [2.45, 2.75) is 49.3 Å². The molecule has 8 nitrogen and oxygen atoms in total. The van der Waals surface area contributed by atoms with Gasteiger partial charge in [-0.3, -0.25) is 9.69 Å². The van der Waals surface area contributed by atoms with E-state index in [0.717, 1.165) is 24.1 Å². The Kier molecular flexibility index (Phi) is 7.57. The number of benzene rings is 2. The van der Waals surface area contributed by atoms with Crippen molar-refractivity contribution in [1.29, 1.82) is 0 Å². The molecule has 1 amide bonds. The van der Waals surface area contributed by atoms with Gasteiger partial charge in [0.1, 0.15) is 5.75 Å². The van der Waals surface area contributed by atoms with Gasteiger partial charge in [-0.2, -0.15) is 0 Å². The highest BCUT2D eigenvalue weighted by atomic mass is 32.2. The minimum absolute atomic E-state index is 0.108. The number of aliphatic hydroxyl groups is 1. The van der Waals surface area contributed by atoms with Crippen LogP contribution in [0.5, 0.6) is 5.75 Å². The predicted molar refractivity (Wildman–Crippen MR) is 129 cm³/mol. The van der Waals surface area contributed by atoms with Crippen molar-refractivity contribution in [1.82, 2.24) is 14.5 Å². The number of likely N-dealkylation sites (tertiary alicyclic amines) is 1. The fourth-order valence-corrected chi connectivity index (χ4v) is 5.80. The molecule has 0 saturated carbocycles. The van der Waals surface area contributed by atoms with Gasteiger partial charge in [-0.15, -0.1) is 0 Å². The van der Waals surface area contributed by atoms with Gasteiger partial charge in [-0.25, -0.2) is 13.1 Å². The van der Waals surface area contributed by atoms with Crippen molar-refractivity contribution in [3.05, 3.63) is 59.7 Å². The molecule has 2 N–H and O–H groups in total. The standard InChI is InChI=1S/C25H33N3O5S/c1-3-26-34(31,32)21-10-12-23-19(15-21)9-11-24(33-23)25(30)27(2)22(18-7-5-4-6-8-18)17-28-14-13-20(29)16-28/h4-8,10,12,15,20,22,24,26,29H,3,9,11,13-14,16-17H2,1-2H3. The molecule has 2 aliphatic rings. The first-order valence-electron chi connectivity index (χ1n) is 11.8. The quantitative estimate of drug-likeness (QED) is 0.591. The molecule has 1 saturated heterocycles. The van der Waals surface area contributed by atoms with E-state index < -0.39 is 16.1 Å². The van der Waals surface area contributed by atoms with Gasteiger partial charge in [0.15, 0.2) is 6.10 Å². The third kappa shape index (κ3) is 5.43. The minimum Gasteiger partial charge on any atom is -0.480 e. The van der Waals surface area contributed by atoms with E-state index >= 15 is 0 Å². The summed E-state index contributed by atoms with van der Waals surface area (Å²) in [6.07, 6.45) is 0.822. The molecule has 0 aromatic heterocycles. The molecule has 0 bridgehead atoms. The second kappa shape index (κ2) is 10.4. The Morgan fingerprint density at radius 1 is 1.24 bits per heavy atom. The number of likely N-dealkylation sites (N-methyl/N-ethyl adjacent to an activating group) is 1. The maximum Gasteiger partial charge on any atom is 0.263 e. The number of carbonyl (C=O) groups is 1. The molecule has 2 aromatic rings. The van der Waals surface area contributed by atoms with Crippen LogP contribution in [0.3, 0.4) is 0 Å². The Balaban J connectivity index is 1.50. The lowest BCUT2D eigenvalue weighted by molar-refractivity contribution is -0.140. The van der Waals surface area contributed by atoms with E-state index in [4.69, 9.17) is 4.74 Å². The zero-order valence-electron chi connectivity index (χ0n) is 19.7. The number of fused-ring (bicyclic) bond motifs is 1. The lowest BCUT2D eigenvalue weighted by Gasteiger charge is -2.35. The molecule has 3 atom stereocenters. The maximum absolute atomic E-state index is 13.5. The smallest absolute Gasteiger partial charge is 0.263 e. The molecule has 184 valence electrons. The number of nitrogens with one attached hydrogen (secondary N) is 1. The number of β-amino-alcohol motifs (C(OH)–C–C–N with tert-alkyl or cyclic N) is 1. The lowest BCUT2D eigenvalue weighted by Crippen LogP contribution is -2.46. The van der Waals surface area contributed by atoms with Gasteiger partial charge >= 0.3 is 0 Å². The van der Waals surface area contributed by atoms with E-state index in [1.54, 1.807) is 31.0 Å². The molecular formula is C25H33N3O5S. The number of rotatable bonds is 8. The average molecular weight is 488 g/mol. The van der Waals surface area contributed by atoms with Crippen LogP contribution in [-0.4, -0.2) is 74.7 Å². The summed E-state index contributed by atoms with van der Waals surface area (Å²) in [4.78, 5) is 17.6. The highest BCUT2D eigenvalue weighted by molar-refractivity contribution is 7.89. The van der Waals surface area contributed by atoms with Crippen molar-refractivity contribution in [2.24, 2.45) is 0 Å². The van der Waals surface area contributed by atoms with Gasteiger partial charge in [-0.05, 0) is 48.6 Å². The largest absolute Gasteiger partial charge is 0.480 e. The van der Waals surface area contributed by atoms with E-state index in [0.29, 0.717) is 38.2 Å². The molecule has 0 radical (unpaired) electrons. The van der Waals surface area contributed by atoms with Crippen molar-refractivity contribution < 1.29 is 23.1 Å². The normalized spacial score (nSPS) is 21.5. The van der Waals surface area contributed by atoms with Crippen molar-refractivity contribution in [3.8, 4) is 5.75 Å². The van der Waals surface area contributed by atoms with Gasteiger partial charge in [0.2, 0.25) is 10.0 Å². The molecule has 3 unspecified atom stereocenters. The van der Waals surface area contributed by atoms with Crippen LogP contribution in [0.2, 0.25) is 0 Å². The van der Waals surface area contributed by atoms with Crippen molar-refractivity contribution in [2.75, 3.05) is 33.2 Å². The number of hydrogen-bond acceptors (Lipinski definition) is 6. The topological polar surface area (TPSA) is 99.2 Å². The summed E-state index contributed by atoms with van der Waals surface area (Å²) in [7, 11) is -1.74. The number of nitrogens with zero attached hydrogens (tertiary/aromatic N) is 2. The summed E-state index contributed by atoms with van der Waals surface area (Å²) in [5, 5.41) is 9.94. The average Bonchev–Trinajstić information content (AvgIpc) is 3.26. The monoisotopic (exact) mass is 487 g/mol. The van der Waals surface area contributed by atoms with Crippen LogP contribution in [0, 0.1) is 0 Å². The first-order valence-corrected chi connectivity index (χ1v) is 13.3. The SMILES string of the molecule is CCNS(=O)(=O)c1ccc2c(c1)CCC(C(=O)N(C)C(CN1CCC(O)C1)c1ccccc1)O2. The maximum atomic E-state index is 13.5. The Morgan fingerprint density at radius 2 is 2.00 bits per heavy atom. The third-order valence-electron chi connectivity index (χ3n) is 6.58. The van der Waals surface area contributed by atoms with Crippen LogP contribution in [0.1, 0.15) is 36.9 Å². The number of carbonyl (C=O) groups excluding carboxylic acids is 1. The Bertz CT molecular complexity index is 1110. The second-order valence-corrected chi connectivity index (χ2v) is 10.8. The summed E-state index contributed by atoms with van der Waals surface area (Å²) in [6.45, 7) is 4.10. The Morgan fingerprint density at radius 3 is 2.68 bits per heavy atom. The van der Waals surface area contributed by atoms with E-state index in [1.807, 2.05) is 30.3 Å². The highest BCUT2D eigenvalue weighted by Crippen LogP contribution is 2.32. The van der Waals surface area contributed by atoms with Crippen LogP contribution < -0.4 is 9.46 Å². The van der Waals surface area contributed by atoms with E-state index in [2.05, 4.69) is 9.62 Å². The molecule has 0 aliphatic carbocycles. The molecule has 4 rings (SSSR count). The van der Waals surface area contributed by atoms with Gasteiger partial charge in [0.05, 0.1) is 17.0 Å². The van der Waals surface area contributed by atoms with Crippen LogP contribution >= 0.6 is 0 Å². The van der Waals surface area contributed by atoms with Gasteiger partial charge in [0.25, 0.3) is 5.91 Å². The van der Waals surface area contributed by atoms with Crippen molar-refractivity contribution >= 4 is 15.9 Å². The predicted octanol–water partition coefficient (Wildman–Crippen LogP) is 1.94. The Hall–Kier alpha value is -2.46. The first-order chi connectivity index (χ1) is 16.3. The summed E-state index contributed by atoms with van der Waals surface area (Å²) in [5.41, 5.74) is 1.82. The number of amides is 1. The van der Waals surface area contributed by atoms with Crippen LogP contribution in [0.15, 0.2) is 53.4 Å². The summed E-state index contributed by atoms with van der Waals surface area (Å²) in [6, 6.07) is 14.5. The van der Waals surface area contributed by atoms with Gasteiger partial charge in [-0.1, -0.05) is 37.3 Å². The molecule has 2 aromatic carbocycles. The fraction of sp³-hybridized carbons (Fsp3) is 0.480. The molecule has 9 heteroatoms. The second-order valence-electron chi connectivity index (χ2n) is 8.99. The molecule has 0 spiro atoms. The number of aryl methyl sites for hydroxylation is 1. The summed E-state index contributed by atoms with van der Waals surface area (Å²) >= 11 is 0. The van der Waals surface area contributed by atoms with Crippen LogP contribution in [0.4, 0.5) is 0 Å². The van der Waals surface area contributed by atoms with E-state index in [1.165, 1.54) is 6.07 Å². The van der Waals surface area contributed by atoms with E-state index in [9.17, 15) is 18.3 Å². The summed E-state index contributed by atoms with van der Waals surface area (Å²) < 4.78 is 33.2. The zero-order valence-corrected chi connectivity index (χ0v) is 20.5. The molecule has 2 aliphatic heterocycles. The third-order valence-corrected chi connectivity index (χ3v) is 8.12. The minimum atomic E-state index is -3.55. The lowest BCUT2D eigenvalue weighted by atomic mass is 10.00. The molecule has 34 heavy (non-hydrogen) atoms. The zero-order chi connectivity index (χ0) is 24.3. The molecule has 2 heterocycles. The Labute approximate surface area is 201 Å². The van der Waals surface area contributed by atoms with Crippen molar-refractivity contribution in [3.63, 3.8) is 0 Å². The number of aliphatic hydroxyl groups excluding tert-OH is 1. The van der Waals surface area contributed by atoms with Gasteiger partial charge < -0.3 is 14.7 Å². The van der Waals surface area contributed by atoms with Crippen LogP contribution in [-0.2, 0) is 21.2 Å². The fourth-order valence-electron chi connectivity index (χ4n) is 4.71. The first kappa shape index (κ1) is 24.7. The highest BCUT2D eigenvalue weighted by Gasteiger charge is 2.34.